The number of amidine groups is 1. The van der Waals surface area contributed by atoms with Crippen molar-refractivity contribution in [2.24, 2.45) is 10.2 Å². The average molecular weight is 422 g/mol. The van der Waals surface area contributed by atoms with E-state index in [4.69, 9.17) is 16.3 Å². The number of hydrogen-bond acceptors (Lipinski definition) is 10. The Kier molecular flexibility index (Phi) is 5.32. The standard InChI is InChI=1S/C14H15ClF3N7O3/c1-2-28-12(26)13(27)6-8(7-24-11(14(16,17)18)20-22-23-24)21-25(13)10-9(15)4-3-5-19-10/h3-5,22-23,27H,2,6-7H2,1H3. The number of aromatic nitrogens is 1. The van der Waals surface area contributed by atoms with E-state index in [1.54, 1.807) is 6.92 Å². The van der Waals surface area contributed by atoms with Crippen molar-refractivity contribution >= 4 is 34.9 Å². The monoisotopic (exact) mass is 421 g/mol. The largest absolute Gasteiger partial charge is 0.462 e. The molecule has 0 aliphatic carbocycles. The molecule has 14 heteroatoms. The summed E-state index contributed by atoms with van der Waals surface area (Å²) in [6.45, 7) is 1.08. The first kappa shape index (κ1) is 20.1. The molecule has 0 spiro atoms. The molecule has 0 bridgehead atoms. The minimum absolute atomic E-state index is 0.0251. The molecule has 1 aromatic heterocycles. The maximum atomic E-state index is 13.0. The van der Waals surface area contributed by atoms with Crippen LogP contribution in [-0.2, 0) is 9.53 Å². The van der Waals surface area contributed by atoms with Gasteiger partial charge in [0.2, 0.25) is 5.84 Å². The van der Waals surface area contributed by atoms with E-state index < -0.39 is 36.7 Å². The molecule has 10 nitrogen and oxygen atoms in total. The molecule has 0 saturated carbocycles. The Bertz CT molecular complexity index is 835. The third-order valence-electron chi connectivity index (χ3n) is 3.78. The van der Waals surface area contributed by atoms with Gasteiger partial charge in [-0.2, -0.15) is 18.3 Å². The number of hydrazine groups is 2. The van der Waals surface area contributed by atoms with Gasteiger partial charge in [0.15, 0.2) is 5.82 Å². The number of carbonyl (C=O) groups excluding carboxylic acids is 1. The predicted octanol–water partition coefficient (Wildman–Crippen LogP) is 0.753. The van der Waals surface area contributed by atoms with Crippen molar-refractivity contribution in [3.63, 3.8) is 0 Å². The van der Waals surface area contributed by atoms with Crippen molar-refractivity contribution in [3.05, 3.63) is 23.4 Å². The molecule has 2 aliphatic heterocycles. The number of nitrogens with zero attached hydrogens (tertiary/aromatic N) is 5. The number of pyridine rings is 1. The van der Waals surface area contributed by atoms with E-state index in [1.807, 2.05) is 5.53 Å². The first-order valence-electron chi connectivity index (χ1n) is 7.96. The molecule has 28 heavy (non-hydrogen) atoms. The van der Waals surface area contributed by atoms with Gasteiger partial charge in [0.05, 0.1) is 30.3 Å². The lowest BCUT2D eigenvalue weighted by Gasteiger charge is -2.29. The Morgan fingerprint density at radius 2 is 2.25 bits per heavy atom. The Morgan fingerprint density at radius 3 is 2.89 bits per heavy atom. The Labute approximate surface area is 161 Å². The van der Waals surface area contributed by atoms with Gasteiger partial charge in [0, 0.05) is 6.20 Å². The molecule has 3 rings (SSSR count). The van der Waals surface area contributed by atoms with Crippen LogP contribution in [0.25, 0.3) is 0 Å². The number of alkyl halides is 3. The molecule has 1 atom stereocenters. The van der Waals surface area contributed by atoms with Gasteiger partial charge >= 0.3 is 12.1 Å². The number of rotatable bonds is 5. The molecular formula is C14H15ClF3N7O3. The van der Waals surface area contributed by atoms with Gasteiger partial charge < -0.3 is 9.84 Å². The fraction of sp³-hybridized carbons (Fsp3) is 0.429. The molecule has 1 unspecified atom stereocenters. The number of carbonyl (C=O) groups is 1. The minimum atomic E-state index is -4.73. The third-order valence-corrected chi connectivity index (χ3v) is 4.08. The van der Waals surface area contributed by atoms with E-state index in [0.717, 1.165) is 5.01 Å². The van der Waals surface area contributed by atoms with Gasteiger partial charge in [-0.3, -0.25) is 5.01 Å². The van der Waals surface area contributed by atoms with Crippen molar-refractivity contribution in [2.45, 2.75) is 25.2 Å². The van der Waals surface area contributed by atoms with E-state index in [1.165, 1.54) is 18.3 Å². The number of esters is 1. The number of aliphatic hydroxyl groups is 1. The molecule has 1 aromatic rings. The SMILES string of the molecule is CCOC(=O)C1(O)CC(CN2NNN=C2C(F)(F)F)=NN1c1ncccc1Cl. The van der Waals surface area contributed by atoms with Crippen molar-refractivity contribution in [3.8, 4) is 0 Å². The average Bonchev–Trinajstić information content (AvgIpc) is 3.21. The molecule has 3 heterocycles. The first-order valence-corrected chi connectivity index (χ1v) is 8.34. The molecule has 0 fully saturated rings. The summed E-state index contributed by atoms with van der Waals surface area (Å²) in [6, 6.07) is 2.99. The van der Waals surface area contributed by atoms with Gasteiger partial charge in [-0.1, -0.05) is 11.6 Å². The molecular weight excluding hydrogens is 407 g/mol. The lowest BCUT2D eigenvalue weighted by Crippen LogP contribution is -2.52. The quantitative estimate of drug-likeness (QED) is 0.597. The molecule has 2 aliphatic rings. The summed E-state index contributed by atoms with van der Waals surface area (Å²) in [4.78, 5) is 16.4. The Hall–Kier alpha value is -2.64. The maximum Gasteiger partial charge on any atom is 0.452 e. The van der Waals surface area contributed by atoms with Gasteiger partial charge in [-0.25, -0.2) is 20.3 Å². The van der Waals surface area contributed by atoms with Gasteiger partial charge in [-0.15, -0.1) is 10.6 Å². The summed E-state index contributed by atoms with van der Waals surface area (Å²) >= 11 is 6.08. The second-order valence-corrected chi connectivity index (χ2v) is 6.15. The van der Waals surface area contributed by atoms with E-state index in [-0.39, 0.29) is 23.2 Å². The molecule has 3 N–H and O–H groups in total. The van der Waals surface area contributed by atoms with E-state index in [9.17, 15) is 23.1 Å². The maximum absolute atomic E-state index is 13.0. The molecule has 152 valence electrons. The number of halogens is 4. The van der Waals surface area contributed by atoms with Crippen LogP contribution in [0.15, 0.2) is 28.5 Å². The van der Waals surface area contributed by atoms with Crippen LogP contribution in [0.4, 0.5) is 19.0 Å². The normalized spacial score (nSPS) is 22.1. The van der Waals surface area contributed by atoms with Crippen LogP contribution in [0.1, 0.15) is 13.3 Å². The van der Waals surface area contributed by atoms with Crippen LogP contribution in [0.5, 0.6) is 0 Å². The highest BCUT2D eigenvalue weighted by atomic mass is 35.5. The first-order chi connectivity index (χ1) is 13.2. The predicted molar refractivity (Wildman–Crippen MR) is 91.8 cm³/mol. The molecule has 0 aromatic carbocycles. The summed E-state index contributed by atoms with van der Waals surface area (Å²) in [5, 5.41) is 19.7. The smallest absolute Gasteiger partial charge is 0.452 e. The molecule has 0 saturated heterocycles. The van der Waals surface area contributed by atoms with E-state index in [0.29, 0.717) is 5.01 Å². The van der Waals surface area contributed by atoms with Gasteiger partial charge in [-0.05, 0) is 19.1 Å². The van der Waals surface area contributed by atoms with Gasteiger partial charge in [0.1, 0.15) is 0 Å². The second-order valence-electron chi connectivity index (χ2n) is 5.74. The van der Waals surface area contributed by atoms with Crippen LogP contribution in [0.2, 0.25) is 5.02 Å². The molecule has 0 amide bonds. The zero-order chi connectivity index (χ0) is 20.5. The highest BCUT2D eigenvalue weighted by Gasteiger charge is 2.52. The zero-order valence-corrected chi connectivity index (χ0v) is 15.1. The van der Waals surface area contributed by atoms with Crippen LogP contribution >= 0.6 is 11.6 Å². The van der Waals surface area contributed by atoms with E-state index >= 15 is 0 Å². The fourth-order valence-corrected chi connectivity index (χ4v) is 2.83. The summed E-state index contributed by atoms with van der Waals surface area (Å²) in [5.41, 5.74) is 1.93. The molecule has 0 radical (unpaired) electrons. The Morgan fingerprint density at radius 1 is 1.50 bits per heavy atom. The zero-order valence-electron chi connectivity index (χ0n) is 14.4. The topological polar surface area (TPSA) is 115 Å². The number of hydrazone groups is 2. The van der Waals surface area contributed by atoms with Gasteiger partial charge in [0.25, 0.3) is 5.72 Å². The highest BCUT2D eigenvalue weighted by molar-refractivity contribution is 6.33. The summed E-state index contributed by atoms with van der Waals surface area (Å²) < 4.78 is 43.9. The lowest BCUT2D eigenvalue weighted by molar-refractivity contribution is -0.163. The van der Waals surface area contributed by atoms with Crippen molar-refractivity contribution in [1.29, 1.82) is 0 Å². The number of nitrogens with one attached hydrogen (secondary N) is 2. The Balaban J connectivity index is 1.91. The van der Waals surface area contributed by atoms with Crippen LogP contribution in [0.3, 0.4) is 0 Å². The number of hydrogen-bond donors (Lipinski definition) is 3. The van der Waals surface area contributed by atoms with Crippen molar-refractivity contribution < 1.29 is 27.8 Å². The van der Waals surface area contributed by atoms with Crippen LogP contribution in [-0.4, -0.2) is 57.7 Å². The highest BCUT2D eigenvalue weighted by Crippen LogP contribution is 2.35. The number of anilines is 1. The lowest BCUT2D eigenvalue weighted by atomic mass is 10.1. The number of ether oxygens (including phenoxy) is 1. The van der Waals surface area contributed by atoms with Crippen molar-refractivity contribution in [2.75, 3.05) is 18.2 Å². The van der Waals surface area contributed by atoms with Crippen LogP contribution < -0.4 is 16.1 Å². The summed E-state index contributed by atoms with van der Waals surface area (Å²) in [7, 11) is 0. The second kappa shape index (κ2) is 7.41. The summed E-state index contributed by atoms with van der Waals surface area (Å²) in [5.74, 6) is -2.32. The summed E-state index contributed by atoms with van der Waals surface area (Å²) in [6.07, 6.45) is -3.79. The third kappa shape index (κ3) is 3.68. The van der Waals surface area contributed by atoms with Crippen LogP contribution in [0, 0.1) is 0 Å². The fourth-order valence-electron chi connectivity index (χ4n) is 2.63. The van der Waals surface area contributed by atoms with Crippen molar-refractivity contribution in [1.82, 2.24) is 21.1 Å². The van der Waals surface area contributed by atoms with E-state index in [2.05, 4.69) is 20.7 Å². The minimum Gasteiger partial charge on any atom is -0.462 e.